The molecule has 1 aliphatic carbocycles. The minimum Gasteiger partial charge on any atom is -0.480 e. The molecule has 0 unspecified atom stereocenters. The largest absolute Gasteiger partial charge is 0.573 e. The van der Waals surface area contributed by atoms with E-state index in [1.54, 1.807) is 6.07 Å². The number of aliphatic carboxylic acids is 1. The standard InChI is InChI=1S/C21H25F3N6O5/c22-21(23,24)35-17-4-2-1-3-14(17)10-27-20-28-11-16(30(33)34)19(29-20)26-9-13-5-7-15(8-6-13)25-12-18(31)32/h1-4,11,13,15,25H,5-10,12H2,(H,31,32)(H2,26,27,28,29). The summed E-state index contributed by atoms with van der Waals surface area (Å²) in [7, 11) is 0. The van der Waals surface area contributed by atoms with Gasteiger partial charge in [0.05, 0.1) is 11.5 Å². The maximum atomic E-state index is 12.6. The van der Waals surface area contributed by atoms with E-state index >= 15 is 0 Å². The van der Waals surface area contributed by atoms with E-state index in [0.717, 1.165) is 31.9 Å². The van der Waals surface area contributed by atoms with Crippen LogP contribution >= 0.6 is 0 Å². The number of alkyl halides is 3. The van der Waals surface area contributed by atoms with Crippen LogP contribution in [0.4, 0.5) is 30.6 Å². The molecule has 1 heterocycles. The summed E-state index contributed by atoms with van der Waals surface area (Å²) in [6, 6.07) is 5.71. The highest BCUT2D eigenvalue weighted by Crippen LogP contribution is 2.29. The number of hydrogen-bond acceptors (Lipinski definition) is 9. The number of nitro groups is 1. The molecule has 0 atom stereocenters. The van der Waals surface area contributed by atoms with Crippen LogP contribution in [0.3, 0.4) is 0 Å². The molecule has 4 N–H and O–H groups in total. The highest BCUT2D eigenvalue weighted by atomic mass is 19.4. The average Bonchev–Trinajstić information content (AvgIpc) is 2.80. The van der Waals surface area contributed by atoms with Gasteiger partial charge in [0.25, 0.3) is 0 Å². The first-order chi connectivity index (χ1) is 16.6. The molecular weight excluding hydrogens is 473 g/mol. The summed E-state index contributed by atoms with van der Waals surface area (Å²) in [6.07, 6.45) is -0.616. The second-order valence-electron chi connectivity index (χ2n) is 8.07. The molecule has 0 saturated heterocycles. The van der Waals surface area contributed by atoms with E-state index in [4.69, 9.17) is 5.11 Å². The molecule has 14 heteroatoms. The number of ether oxygens (including phenoxy) is 1. The van der Waals surface area contributed by atoms with Crippen LogP contribution in [0.2, 0.25) is 0 Å². The molecule has 1 fully saturated rings. The SMILES string of the molecule is O=C(O)CNC1CCC(CNc2nc(NCc3ccccc3OC(F)(F)F)ncc2[N+](=O)[O-])CC1. The van der Waals surface area contributed by atoms with Gasteiger partial charge in [-0.05, 0) is 37.7 Å². The maximum Gasteiger partial charge on any atom is 0.573 e. The van der Waals surface area contributed by atoms with Gasteiger partial charge in [-0.15, -0.1) is 13.2 Å². The van der Waals surface area contributed by atoms with Gasteiger partial charge in [-0.3, -0.25) is 14.9 Å². The first kappa shape index (κ1) is 25.9. The molecular formula is C21H25F3N6O5. The van der Waals surface area contributed by atoms with Crippen LogP contribution in [-0.2, 0) is 11.3 Å². The van der Waals surface area contributed by atoms with E-state index in [-0.39, 0.29) is 53.8 Å². The highest BCUT2D eigenvalue weighted by molar-refractivity contribution is 5.69. The minimum atomic E-state index is -4.84. The van der Waals surface area contributed by atoms with Crippen molar-refractivity contribution in [2.24, 2.45) is 5.92 Å². The number of nitrogens with one attached hydrogen (secondary N) is 3. The fraction of sp³-hybridized carbons (Fsp3) is 0.476. The van der Waals surface area contributed by atoms with Crippen LogP contribution in [0.15, 0.2) is 30.5 Å². The van der Waals surface area contributed by atoms with E-state index in [9.17, 15) is 28.1 Å². The van der Waals surface area contributed by atoms with Crippen LogP contribution < -0.4 is 20.7 Å². The van der Waals surface area contributed by atoms with Gasteiger partial charge < -0.3 is 25.8 Å². The fourth-order valence-corrected chi connectivity index (χ4v) is 3.82. The zero-order valence-electron chi connectivity index (χ0n) is 18.5. The topological polar surface area (TPSA) is 152 Å². The van der Waals surface area contributed by atoms with E-state index in [2.05, 4.69) is 30.7 Å². The Morgan fingerprint density at radius 1 is 1.20 bits per heavy atom. The third kappa shape index (κ3) is 8.24. The lowest BCUT2D eigenvalue weighted by Gasteiger charge is -2.29. The van der Waals surface area contributed by atoms with Gasteiger partial charge in [0.15, 0.2) is 0 Å². The first-order valence-electron chi connectivity index (χ1n) is 10.9. The van der Waals surface area contributed by atoms with Crippen molar-refractivity contribution in [1.82, 2.24) is 15.3 Å². The second kappa shape index (κ2) is 11.6. The summed E-state index contributed by atoms with van der Waals surface area (Å²) in [5.41, 5.74) is -0.122. The van der Waals surface area contributed by atoms with Gasteiger partial charge in [0.1, 0.15) is 11.9 Å². The molecule has 1 aliphatic rings. The van der Waals surface area contributed by atoms with Crippen molar-refractivity contribution >= 4 is 23.4 Å². The van der Waals surface area contributed by atoms with E-state index in [1.165, 1.54) is 18.2 Å². The molecule has 0 spiro atoms. The number of carbonyl (C=O) groups is 1. The number of nitrogens with zero attached hydrogens (tertiary/aromatic N) is 3. The molecule has 0 radical (unpaired) electrons. The molecule has 1 saturated carbocycles. The zero-order chi connectivity index (χ0) is 25.4. The van der Waals surface area contributed by atoms with Gasteiger partial charge in [-0.25, -0.2) is 4.98 Å². The zero-order valence-corrected chi connectivity index (χ0v) is 18.5. The molecule has 11 nitrogen and oxygen atoms in total. The monoisotopic (exact) mass is 498 g/mol. The summed E-state index contributed by atoms with van der Waals surface area (Å²) in [5.74, 6) is -1.07. The summed E-state index contributed by atoms with van der Waals surface area (Å²) in [6.45, 7) is 0.228. The number of halogens is 3. The molecule has 35 heavy (non-hydrogen) atoms. The Labute approximate surface area is 198 Å². The summed E-state index contributed by atoms with van der Waals surface area (Å²) in [4.78, 5) is 29.5. The molecule has 0 amide bonds. The Kier molecular flexibility index (Phi) is 8.63. The Balaban J connectivity index is 1.60. The fourth-order valence-electron chi connectivity index (χ4n) is 3.82. The predicted octanol–water partition coefficient (Wildman–Crippen LogP) is 3.54. The Morgan fingerprint density at radius 3 is 2.57 bits per heavy atom. The lowest BCUT2D eigenvalue weighted by molar-refractivity contribution is -0.384. The first-order valence-corrected chi connectivity index (χ1v) is 10.9. The number of para-hydroxylation sites is 1. The number of anilines is 2. The van der Waals surface area contributed by atoms with Gasteiger partial charge in [-0.1, -0.05) is 18.2 Å². The van der Waals surface area contributed by atoms with Crippen LogP contribution in [0, 0.1) is 16.0 Å². The van der Waals surface area contributed by atoms with Crippen LogP contribution in [-0.4, -0.2) is 51.5 Å². The van der Waals surface area contributed by atoms with Crippen molar-refractivity contribution in [1.29, 1.82) is 0 Å². The van der Waals surface area contributed by atoms with Crippen LogP contribution in [0.1, 0.15) is 31.2 Å². The number of hydrogen-bond donors (Lipinski definition) is 4. The molecule has 2 aromatic rings. The van der Waals surface area contributed by atoms with Crippen molar-refractivity contribution in [2.75, 3.05) is 23.7 Å². The van der Waals surface area contributed by atoms with Crippen molar-refractivity contribution in [3.63, 3.8) is 0 Å². The number of benzene rings is 1. The summed E-state index contributed by atoms with van der Waals surface area (Å²) >= 11 is 0. The van der Waals surface area contributed by atoms with E-state index in [0.29, 0.717) is 6.54 Å². The Bertz CT molecular complexity index is 1030. The second-order valence-corrected chi connectivity index (χ2v) is 8.07. The number of carboxylic acids is 1. The number of carboxylic acid groups (broad SMARTS) is 1. The van der Waals surface area contributed by atoms with Crippen LogP contribution in [0.5, 0.6) is 5.75 Å². The number of rotatable bonds is 11. The lowest BCUT2D eigenvalue weighted by atomic mass is 9.86. The minimum absolute atomic E-state index is 0.00138. The van der Waals surface area contributed by atoms with Crippen molar-refractivity contribution in [3.8, 4) is 5.75 Å². The predicted molar refractivity (Wildman–Crippen MR) is 119 cm³/mol. The molecule has 190 valence electrons. The molecule has 3 rings (SSSR count). The molecule has 0 aliphatic heterocycles. The third-order valence-electron chi connectivity index (χ3n) is 5.55. The van der Waals surface area contributed by atoms with Crippen molar-refractivity contribution in [3.05, 3.63) is 46.1 Å². The van der Waals surface area contributed by atoms with Crippen molar-refractivity contribution < 1.29 is 32.7 Å². The summed E-state index contributed by atoms with van der Waals surface area (Å²) in [5, 5.41) is 28.9. The van der Waals surface area contributed by atoms with Gasteiger partial charge >= 0.3 is 18.0 Å². The molecule has 1 aromatic heterocycles. The average molecular weight is 498 g/mol. The molecule has 1 aromatic carbocycles. The Hall–Kier alpha value is -3.68. The number of aromatic nitrogens is 2. The van der Waals surface area contributed by atoms with Gasteiger partial charge in [0, 0.05) is 24.7 Å². The quantitative estimate of drug-likeness (QED) is 0.267. The Morgan fingerprint density at radius 2 is 1.91 bits per heavy atom. The normalized spacial score (nSPS) is 18.0. The maximum absolute atomic E-state index is 12.6. The van der Waals surface area contributed by atoms with Gasteiger partial charge in [-0.2, -0.15) is 4.98 Å². The molecule has 0 bridgehead atoms. The van der Waals surface area contributed by atoms with E-state index < -0.39 is 17.3 Å². The smallest absolute Gasteiger partial charge is 0.480 e. The highest BCUT2D eigenvalue weighted by Gasteiger charge is 2.32. The van der Waals surface area contributed by atoms with Gasteiger partial charge in [0.2, 0.25) is 11.8 Å². The van der Waals surface area contributed by atoms with Crippen LogP contribution in [0.25, 0.3) is 0 Å². The third-order valence-corrected chi connectivity index (χ3v) is 5.55. The lowest BCUT2D eigenvalue weighted by Crippen LogP contribution is -2.37. The van der Waals surface area contributed by atoms with Crippen molar-refractivity contribution in [2.45, 2.75) is 44.6 Å². The summed E-state index contributed by atoms with van der Waals surface area (Å²) < 4.78 is 41.9. The van der Waals surface area contributed by atoms with E-state index in [1.807, 2.05) is 0 Å².